The standard InChI is InChI=1S/C19H22N2O5S2/c1-13-7-8-16(27-13)18(22)20-14-9-11-21(12-10-14)28(24,25)17-6-4-3-5-15(17)19(23)26-2/h3-8,14H,9-12H2,1-2H3,(H,20,22). The van der Waals surface area contributed by atoms with Crippen LogP contribution in [0, 0.1) is 6.92 Å². The first-order valence-corrected chi connectivity index (χ1v) is 11.1. The van der Waals surface area contributed by atoms with E-state index in [2.05, 4.69) is 5.32 Å². The molecule has 1 N–H and O–H groups in total. The van der Waals surface area contributed by atoms with Crippen molar-refractivity contribution in [2.24, 2.45) is 0 Å². The van der Waals surface area contributed by atoms with Crippen molar-refractivity contribution >= 4 is 33.2 Å². The van der Waals surface area contributed by atoms with Gasteiger partial charge >= 0.3 is 5.97 Å². The second kappa shape index (κ2) is 8.42. The number of benzene rings is 1. The zero-order valence-electron chi connectivity index (χ0n) is 15.7. The molecule has 3 rings (SSSR count). The van der Waals surface area contributed by atoms with E-state index in [0.29, 0.717) is 17.7 Å². The number of methoxy groups -OCH3 is 1. The van der Waals surface area contributed by atoms with Gasteiger partial charge in [-0.25, -0.2) is 13.2 Å². The number of nitrogens with zero attached hydrogens (tertiary/aromatic N) is 1. The van der Waals surface area contributed by atoms with Crippen LogP contribution in [-0.4, -0.2) is 50.8 Å². The Hall–Kier alpha value is -2.23. The molecule has 1 aliphatic heterocycles. The molecule has 0 bridgehead atoms. The molecule has 2 heterocycles. The molecule has 1 saturated heterocycles. The Bertz CT molecular complexity index is 976. The Morgan fingerprint density at radius 2 is 1.82 bits per heavy atom. The van der Waals surface area contributed by atoms with Crippen molar-refractivity contribution in [3.63, 3.8) is 0 Å². The van der Waals surface area contributed by atoms with Crippen LogP contribution in [0.15, 0.2) is 41.3 Å². The van der Waals surface area contributed by atoms with Crippen LogP contribution in [-0.2, 0) is 14.8 Å². The minimum atomic E-state index is -3.83. The summed E-state index contributed by atoms with van der Waals surface area (Å²) in [6.45, 7) is 2.48. The van der Waals surface area contributed by atoms with Crippen molar-refractivity contribution in [1.82, 2.24) is 9.62 Å². The maximum Gasteiger partial charge on any atom is 0.339 e. The minimum absolute atomic E-state index is 0.0218. The summed E-state index contributed by atoms with van der Waals surface area (Å²) in [7, 11) is -2.61. The molecule has 2 aromatic rings. The van der Waals surface area contributed by atoms with Crippen LogP contribution in [0.4, 0.5) is 0 Å². The average molecular weight is 423 g/mol. The van der Waals surface area contributed by atoms with E-state index in [4.69, 9.17) is 4.74 Å². The number of amides is 1. The van der Waals surface area contributed by atoms with Crippen molar-refractivity contribution in [2.75, 3.05) is 20.2 Å². The quantitative estimate of drug-likeness (QED) is 0.747. The Balaban J connectivity index is 1.67. The number of sulfonamides is 1. The number of aryl methyl sites for hydroxylation is 1. The lowest BCUT2D eigenvalue weighted by Crippen LogP contribution is -2.46. The number of hydrogen-bond donors (Lipinski definition) is 1. The number of carbonyl (C=O) groups excluding carboxylic acids is 2. The molecule has 1 fully saturated rings. The number of rotatable bonds is 5. The van der Waals surface area contributed by atoms with Crippen LogP contribution < -0.4 is 5.32 Å². The van der Waals surface area contributed by atoms with Gasteiger partial charge in [-0.2, -0.15) is 4.31 Å². The molecule has 0 atom stereocenters. The maximum atomic E-state index is 13.0. The number of piperidine rings is 1. The Kier molecular flexibility index (Phi) is 6.17. The average Bonchev–Trinajstić information content (AvgIpc) is 3.14. The van der Waals surface area contributed by atoms with Gasteiger partial charge in [0.05, 0.1) is 22.4 Å². The highest BCUT2D eigenvalue weighted by Crippen LogP contribution is 2.24. The van der Waals surface area contributed by atoms with Crippen LogP contribution in [0.25, 0.3) is 0 Å². The summed E-state index contributed by atoms with van der Waals surface area (Å²) in [6, 6.07) is 9.63. The maximum absolute atomic E-state index is 13.0. The number of nitrogens with one attached hydrogen (secondary N) is 1. The number of hydrogen-bond acceptors (Lipinski definition) is 6. The number of ether oxygens (including phenoxy) is 1. The van der Waals surface area contributed by atoms with Crippen molar-refractivity contribution in [3.8, 4) is 0 Å². The molecule has 150 valence electrons. The van der Waals surface area contributed by atoms with Gasteiger partial charge in [-0.1, -0.05) is 12.1 Å². The van der Waals surface area contributed by atoms with Gasteiger partial charge < -0.3 is 10.1 Å². The van der Waals surface area contributed by atoms with Crippen LogP contribution >= 0.6 is 11.3 Å². The first-order chi connectivity index (χ1) is 13.3. The fraction of sp³-hybridized carbons (Fsp3) is 0.368. The predicted molar refractivity (Wildman–Crippen MR) is 106 cm³/mol. The third-order valence-corrected chi connectivity index (χ3v) is 7.62. The smallest absolute Gasteiger partial charge is 0.339 e. The molecule has 0 radical (unpaired) electrons. The van der Waals surface area contributed by atoms with E-state index in [1.165, 1.54) is 34.9 Å². The van der Waals surface area contributed by atoms with Crippen molar-refractivity contribution in [1.29, 1.82) is 0 Å². The lowest BCUT2D eigenvalue weighted by molar-refractivity contribution is 0.0595. The molecule has 1 amide bonds. The van der Waals surface area contributed by atoms with Crippen LogP contribution in [0.5, 0.6) is 0 Å². The van der Waals surface area contributed by atoms with Gasteiger partial charge in [-0.05, 0) is 44.0 Å². The number of thiophene rings is 1. The Morgan fingerprint density at radius 1 is 1.14 bits per heavy atom. The SMILES string of the molecule is COC(=O)c1ccccc1S(=O)(=O)N1CCC(NC(=O)c2ccc(C)s2)CC1. The summed E-state index contributed by atoms with van der Waals surface area (Å²) < 4.78 is 32.1. The van der Waals surface area contributed by atoms with Crippen LogP contribution in [0.1, 0.15) is 37.7 Å². The fourth-order valence-electron chi connectivity index (χ4n) is 3.16. The second-order valence-electron chi connectivity index (χ2n) is 6.55. The van der Waals surface area contributed by atoms with Gasteiger partial charge in [0.1, 0.15) is 0 Å². The monoisotopic (exact) mass is 422 g/mol. The van der Waals surface area contributed by atoms with E-state index in [9.17, 15) is 18.0 Å². The lowest BCUT2D eigenvalue weighted by atomic mass is 10.1. The van der Waals surface area contributed by atoms with Gasteiger partial charge in [0, 0.05) is 24.0 Å². The van der Waals surface area contributed by atoms with Gasteiger partial charge in [0.2, 0.25) is 10.0 Å². The molecule has 7 nitrogen and oxygen atoms in total. The number of carbonyl (C=O) groups is 2. The highest BCUT2D eigenvalue weighted by molar-refractivity contribution is 7.89. The first-order valence-electron chi connectivity index (χ1n) is 8.87. The summed E-state index contributed by atoms with van der Waals surface area (Å²) in [5.41, 5.74) is 0.0218. The number of esters is 1. The van der Waals surface area contributed by atoms with Crippen LogP contribution in [0.2, 0.25) is 0 Å². The molecule has 0 aliphatic carbocycles. The van der Waals surface area contributed by atoms with Gasteiger partial charge in [-0.3, -0.25) is 4.79 Å². The zero-order valence-corrected chi connectivity index (χ0v) is 17.3. The Morgan fingerprint density at radius 3 is 2.43 bits per heavy atom. The summed E-state index contributed by atoms with van der Waals surface area (Å²) in [6.07, 6.45) is 1.02. The lowest BCUT2D eigenvalue weighted by Gasteiger charge is -2.31. The van der Waals surface area contributed by atoms with Gasteiger partial charge in [0.15, 0.2) is 0 Å². The van der Waals surface area contributed by atoms with Gasteiger partial charge in [0.25, 0.3) is 5.91 Å². The van der Waals surface area contributed by atoms with E-state index in [1.807, 2.05) is 13.0 Å². The molecule has 1 aromatic carbocycles. The summed E-state index contributed by atoms with van der Waals surface area (Å²) in [5.74, 6) is -0.817. The molecule has 0 saturated carbocycles. The van der Waals surface area contributed by atoms with E-state index < -0.39 is 16.0 Å². The second-order valence-corrected chi connectivity index (χ2v) is 9.74. The highest BCUT2D eigenvalue weighted by atomic mass is 32.2. The molecular formula is C19H22N2O5S2. The van der Waals surface area contributed by atoms with E-state index >= 15 is 0 Å². The van der Waals surface area contributed by atoms with Crippen molar-refractivity contribution in [3.05, 3.63) is 51.7 Å². The summed E-state index contributed by atoms with van der Waals surface area (Å²) >= 11 is 1.43. The molecule has 1 aromatic heterocycles. The van der Waals surface area contributed by atoms with Crippen molar-refractivity contribution in [2.45, 2.75) is 30.7 Å². The summed E-state index contributed by atoms with van der Waals surface area (Å²) in [4.78, 5) is 25.9. The third kappa shape index (κ3) is 4.26. The van der Waals surface area contributed by atoms with E-state index in [0.717, 1.165) is 4.88 Å². The van der Waals surface area contributed by atoms with Crippen molar-refractivity contribution < 1.29 is 22.7 Å². The zero-order chi connectivity index (χ0) is 20.3. The Labute approximate surface area is 168 Å². The highest BCUT2D eigenvalue weighted by Gasteiger charge is 2.32. The molecule has 28 heavy (non-hydrogen) atoms. The fourth-order valence-corrected chi connectivity index (χ4v) is 5.58. The molecular weight excluding hydrogens is 400 g/mol. The molecule has 0 spiro atoms. The first kappa shape index (κ1) is 20.5. The van der Waals surface area contributed by atoms with Crippen LogP contribution in [0.3, 0.4) is 0 Å². The minimum Gasteiger partial charge on any atom is -0.465 e. The van der Waals surface area contributed by atoms with E-state index in [1.54, 1.807) is 18.2 Å². The van der Waals surface area contributed by atoms with E-state index in [-0.39, 0.29) is 35.5 Å². The molecule has 1 aliphatic rings. The normalized spacial score (nSPS) is 15.9. The molecule has 0 unspecified atom stereocenters. The third-order valence-electron chi connectivity index (χ3n) is 4.66. The largest absolute Gasteiger partial charge is 0.465 e. The summed E-state index contributed by atoms with van der Waals surface area (Å²) in [5, 5.41) is 2.97. The molecule has 9 heteroatoms. The van der Waals surface area contributed by atoms with Gasteiger partial charge in [-0.15, -0.1) is 11.3 Å². The topological polar surface area (TPSA) is 92.8 Å². The predicted octanol–water partition coefficient (Wildman–Crippen LogP) is 2.43.